The molecule has 2 rings (SSSR count). The third kappa shape index (κ3) is 5.10. The lowest BCUT2D eigenvalue weighted by atomic mass is 10.1. The highest BCUT2D eigenvalue weighted by Gasteiger charge is 2.36. The van der Waals surface area contributed by atoms with Crippen molar-refractivity contribution in [2.75, 3.05) is 13.2 Å². The van der Waals surface area contributed by atoms with Crippen LogP contribution in [0, 0.1) is 6.92 Å². The number of halogens is 3. The van der Waals surface area contributed by atoms with Crippen molar-refractivity contribution in [2.45, 2.75) is 19.5 Å². The number of hydrogen-bond donors (Lipinski definition) is 3. The number of carboxylic acids is 1. The molecule has 0 saturated carbocycles. The van der Waals surface area contributed by atoms with Crippen LogP contribution in [0.1, 0.15) is 38.4 Å². The number of aromatic hydroxyl groups is 1. The summed E-state index contributed by atoms with van der Waals surface area (Å²) in [5, 5.41) is 21.0. The fourth-order valence-electron chi connectivity index (χ4n) is 2.66. The van der Waals surface area contributed by atoms with E-state index in [1.807, 2.05) is 0 Å². The summed E-state index contributed by atoms with van der Waals surface area (Å²) in [7, 11) is 0.842. The van der Waals surface area contributed by atoms with Gasteiger partial charge in [-0.05, 0) is 43.2 Å². The van der Waals surface area contributed by atoms with Crippen molar-refractivity contribution in [3.8, 4) is 11.5 Å². The van der Waals surface area contributed by atoms with Gasteiger partial charge in [0.2, 0.25) is 0 Å². The molecule has 1 aromatic heterocycles. The lowest BCUT2D eigenvalue weighted by molar-refractivity contribution is -0.143. The third-order valence-electron chi connectivity index (χ3n) is 4.24. The Morgan fingerprint density at radius 3 is 2.43 bits per heavy atom. The zero-order valence-corrected chi connectivity index (χ0v) is 16.0. The summed E-state index contributed by atoms with van der Waals surface area (Å²) in [6.07, 6.45) is -4.61. The van der Waals surface area contributed by atoms with E-state index in [9.17, 15) is 32.7 Å². The molecule has 0 saturated heterocycles. The van der Waals surface area contributed by atoms with Gasteiger partial charge in [0.1, 0.15) is 11.4 Å². The molecule has 1 aromatic carbocycles. The van der Waals surface area contributed by atoms with Gasteiger partial charge in [-0.25, -0.2) is 4.79 Å². The fraction of sp³-hybridized carbons (Fsp3) is 0.316. The van der Waals surface area contributed by atoms with Crippen LogP contribution in [-0.4, -0.2) is 39.8 Å². The average Bonchev–Trinajstić information content (AvgIpc) is 2.64. The van der Waals surface area contributed by atoms with Gasteiger partial charge in [0, 0.05) is 13.6 Å². The van der Waals surface area contributed by atoms with E-state index in [2.05, 4.69) is 5.32 Å². The van der Waals surface area contributed by atoms with E-state index in [0.29, 0.717) is 17.4 Å². The first-order valence-corrected chi connectivity index (χ1v) is 8.68. The van der Waals surface area contributed by atoms with Crippen molar-refractivity contribution in [1.29, 1.82) is 0 Å². The molecule has 1 amide bonds. The molecule has 0 aliphatic carbocycles. The van der Waals surface area contributed by atoms with E-state index in [0.717, 1.165) is 7.05 Å². The molecule has 11 heteroatoms. The zero-order valence-electron chi connectivity index (χ0n) is 16.0. The van der Waals surface area contributed by atoms with Crippen molar-refractivity contribution >= 4 is 11.9 Å². The van der Waals surface area contributed by atoms with E-state index in [1.54, 1.807) is 13.0 Å². The lowest BCUT2D eigenvalue weighted by Crippen LogP contribution is -2.31. The molecule has 0 atom stereocenters. The van der Waals surface area contributed by atoms with Gasteiger partial charge in [0.05, 0.1) is 17.7 Å². The highest BCUT2D eigenvalue weighted by Crippen LogP contribution is 2.30. The molecule has 0 unspecified atom stereocenters. The number of alkyl halides is 3. The number of amides is 1. The quantitative estimate of drug-likeness (QED) is 0.583. The Bertz CT molecular complexity index is 1030. The van der Waals surface area contributed by atoms with Crippen LogP contribution >= 0.6 is 0 Å². The number of aromatic carboxylic acids is 1. The Kier molecular flexibility index (Phi) is 6.75. The zero-order chi connectivity index (χ0) is 22.6. The second-order valence-corrected chi connectivity index (χ2v) is 6.39. The standard InChI is InChI=1S/C19H19F3N2O6/c1-10-8-11(4-5-12(10)18(28)29)30-7-3-6-23-16(26)13-9-14(19(20,21)22)24(2)17(27)15(13)25/h4-5,8-9,25H,3,6-7H2,1-2H3,(H,23,26)(H,28,29). The van der Waals surface area contributed by atoms with E-state index in [1.165, 1.54) is 12.1 Å². The van der Waals surface area contributed by atoms with E-state index in [-0.39, 0.29) is 29.7 Å². The van der Waals surface area contributed by atoms with Crippen molar-refractivity contribution in [3.05, 3.63) is 57.0 Å². The van der Waals surface area contributed by atoms with Gasteiger partial charge in [0.25, 0.3) is 11.5 Å². The topological polar surface area (TPSA) is 118 Å². The molecule has 0 fully saturated rings. The number of aromatic nitrogens is 1. The molecule has 8 nitrogen and oxygen atoms in total. The Balaban J connectivity index is 1.96. The van der Waals surface area contributed by atoms with Crippen LogP contribution in [0.15, 0.2) is 29.1 Å². The number of nitrogens with zero attached hydrogens (tertiary/aromatic N) is 1. The molecule has 1 heterocycles. The summed E-state index contributed by atoms with van der Waals surface area (Å²) >= 11 is 0. The predicted octanol–water partition coefficient (Wildman–Crippen LogP) is 2.32. The normalized spacial score (nSPS) is 11.2. The predicted molar refractivity (Wildman–Crippen MR) is 98.9 cm³/mol. The maximum absolute atomic E-state index is 13.0. The van der Waals surface area contributed by atoms with Gasteiger partial charge in [-0.1, -0.05) is 0 Å². The van der Waals surface area contributed by atoms with Crippen LogP contribution in [0.4, 0.5) is 13.2 Å². The molecule has 162 valence electrons. The third-order valence-corrected chi connectivity index (χ3v) is 4.24. The summed E-state index contributed by atoms with van der Waals surface area (Å²) in [5.41, 5.74) is -2.82. The number of carbonyl (C=O) groups excluding carboxylic acids is 1. The van der Waals surface area contributed by atoms with Crippen LogP contribution in [0.2, 0.25) is 0 Å². The number of ether oxygens (including phenoxy) is 1. The summed E-state index contributed by atoms with van der Waals surface area (Å²) in [6, 6.07) is 4.82. The van der Waals surface area contributed by atoms with Gasteiger partial charge < -0.3 is 24.8 Å². The van der Waals surface area contributed by atoms with Crippen LogP contribution in [0.5, 0.6) is 11.5 Å². The minimum absolute atomic E-state index is 0.00102. The molecule has 0 radical (unpaired) electrons. The first-order chi connectivity index (χ1) is 13.9. The minimum Gasteiger partial charge on any atom is -0.502 e. The summed E-state index contributed by atoms with van der Waals surface area (Å²) in [4.78, 5) is 34.8. The second-order valence-electron chi connectivity index (χ2n) is 6.39. The molecule has 2 aromatic rings. The highest BCUT2D eigenvalue weighted by molar-refractivity contribution is 5.96. The van der Waals surface area contributed by atoms with Gasteiger partial charge in [-0.15, -0.1) is 0 Å². The number of carbonyl (C=O) groups is 2. The number of benzene rings is 1. The summed E-state index contributed by atoms with van der Waals surface area (Å²) in [5.74, 6) is -2.75. The van der Waals surface area contributed by atoms with Gasteiger partial charge in [-0.3, -0.25) is 9.59 Å². The van der Waals surface area contributed by atoms with Crippen molar-refractivity contribution in [3.63, 3.8) is 0 Å². The number of rotatable bonds is 7. The maximum Gasteiger partial charge on any atom is 0.431 e. The van der Waals surface area contributed by atoms with Crippen LogP contribution in [0.25, 0.3) is 0 Å². The Morgan fingerprint density at radius 2 is 1.87 bits per heavy atom. The average molecular weight is 428 g/mol. The summed E-state index contributed by atoms with van der Waals surface area (Å²) in [6.45, 7) is 1.74. The SMILES string of the molecule is Cc1cc(OCCCNC(=O)c2cc(C(F)(F)F)n(C)c(=O)c2O)ccc1C(=O)O. The van der Waals surface area contributed by atoms with E-state index in [4.69, 9.17) is 9.84 Å². The number of aryl methyl sites for hydroxylation is 1. The number of hydrogen-bond acceptors (Lipinski definition) is 5. The van der Waals surface area contributed by atoms with Crippen LogP contribution in [-0.2, 0) is 13.2 Å². The van der Waals surface area contributed by atoms with Crippen LogP contribution in [0.3, 0.4) is 0 Å². The molecule has 3 N–H and O–H groups in total. The second kappa shape index (κ2) is 8.89. The fourth-order valence-corrected chi connectivity index (χ4v) is 2.66. The highest BCUT2D eigenvalue weighted by atomic mass is 19.4. The minimum atomic E-state index is -4.88. The molecular weight excluding hydrogens is 409 g/mol. The largest absolute Gasteiger partial charge is 0.502 e. The molecule has 0 spiro atoms. The number of nitrogens with one attached hydrogen (secondary N) is 1. The number of carboxylic acid groups (broad SMARTS) is 1. The molecular formula is C19H19F3N2O6. The van der Waals surface area contributed by atoms with Gasteiger partial charge in [-0.2, -0.15) is 13.2 Å². The molecule has 0 aliphatic rings. The smallest absolute Gasteiger partial charge is 0.431 e. The molecule has 30 heavy (non-hydrogen) atoms. The molecule has 0 bridgehead atoms. The first-order valence-electron chi connectivity index (χ1n) is 8.68. The van der Waals surface area contributed by atoms with Crippen molar-refractivity contribution in [1.82, 2.24) is 9.88 Å². The molecule has 0 aliphatic heterocycles. The first kappa shape index (κ1) is 22.8. The van der Waals surface area contributed by atoms with Crippen molar-refractivity contribution < 1.29 is 37.7 Å². The maximum atomic E-state index is 13.0. The Morgan fingerprint density at radius 1 is 1.20 bits per heavy atom. The summed E-state index contributed by atoms with van der Waals surface area (Å²) < 4.78 is 44.6. The van der Waals surface area contributed by atoms with E-state index >= 15 is 0 Å². The van der Waals surface area contributed by atoms with E-state index < -0.39 is 40.6 Å². The van der Waals surface area contributed by atoms with Crippen molar-refractivity contribution in [2.24, 2.45) is 7.05 Å². The van der Waals surface area contributed by atoms with Gasteiger partial charge >= 0.3 is 12.1 Å². The monoisotopic (exact) mass is 428 g/mol. The lowest BCUT2D eigenvalue weighted by Gasteiger charge is -2.14. The Labute approximate surface area is 168 Å². The van der Waals surface area contributed by atoms with Gasteiger partial charge in [0.15, 0.2) is 5.75 Å². The Hall–Kier alpha value is -3.50. The van der Waals surface area contributed by atoms with Crippen LogP contribution < -0.4 is 15.6 Å². The number of pyridine rings is 1.